The van der Waals surface area contributed by atoms with E-state index < -0.39 is 0 Å². The Bertz CT molecular complexity index is 1090. The SMILES string of the molecule is O=c1c2c(-c3cccs3)csc2[nH]c(=S)n1CCc1ccccc1. The summed E-state index contributed by atoms with van der Waals surface area (Å²) in [6.45, 7) is 0.577. The lowest BCUT2D eigenvalue weighted by Crippen LogP contribution is -2.23. The third-order valence-electron chi connectivity index (χ3n) is 3.97. The molecule has 0 aliphatic heterocycles. The number of hydrogen-bond donors (Lipinski definition) is 1. The molecule has 0 aliphatic rings. The van der Waals surface area contributed by atoms with Crippen LogP contribution in [0.4, 0.5) is 0 Å². The summed E-state index contributed by atoms with van der Waals surface area (Å²) < 4.78 is 2.16. The van der Waals surface area contributed by atoms with Crippen molar-refractivity contribution >= 4 is 45.1 Å². The zero-order chi connectivity index (χ0) is 16.5. The summed E-state index contributed by atoms with van der Waals surface area (Å²) in [5.41, 5.74) is 2.19. The van der Waals surface area contributed by atoms with Crippen molar-refractivity contribution in [3.63, 3.8) is 0 Å². The summed E-state index contributed by atoms with van der Waals surface area (Å²) in [5.74, 6) is 0. The number of nitrogens with one attached hydrogen (secondary N) is 1. The third-order valence-corrected chi connectivity index (χ3v) is 6.09. The highest BCUT2D eigenvalue weighted by Crippen LogP contribution is 2.33. The second kappa shape index (κ2) is 6.47. The molecule has 4 aromatic rings. The number of aromatic amines is 1. The molecule has 0 unspecified atom stereocenters. The van der Waals surface area contributed by atoms with Gasteiger partial charge in [-0.15, -0.1) is 22.7 Å². The maximum atomic E-state index is 13.0. The summed E-state index contributed by atoms with van der Waals surface area (Å²) in [6, 6.07) is 14.2. The number of thiophene rings is 2. The molecule has 0 spiro atoms. The molecule has 1 N–H and O–H groups in total. The van der Waals surface area contributed by atoms with Crippen LogP contribution in [0.1, 0.15) is 5.56 Å². The molecule has 0 radical (unpaired) electrons. The summed E-state index contributed by atoms with van der Waals surface area (Å²) in [7, 11) is 0. The fourth-order valence-corrected chi connectivity index (χ4v) is 4.87. The van der Waals surface area contributed by atoms with Gasteiger partial charge in [0.1, 0.15) is 4.83 Å². The van der Waals surface area contributed by atoms with Crippen LogP contribution in [0.2, 0.25) is 0 Å². The summed E-state index contributed by atoms with van der Waals surface area (Å²) >= 11 is 8.59. The van der Waals surface area contributed by atoms with Gasteiger partial charge in [-0.1, -0.05) is 36.4 Å². The topological polar surface area (TPSA) is 37.8 Å². The maximum absolute atomic E-state index is 13.0. The molecule has 0 aliphatic carbocycles. The van der Waals surface area contributed by atoms with E-state index in [-0.39, 0.29) is 5.56 Å². The molecule has 120 valence electrons. The lowest BCUT2D eigenvalue weighted by Gasteiger charge is -2.07. The zero-order valence-corrected chi connectivity index (χ0v) is 15.1. The number of aromatic nitrogens is 2. The van der Waals surface area contributed by atoms with Crippen LogP contribution in [0.5, 0.6) is 0 Å². The van der Waals surface area contributed by atoms with Gasteiger partial charge >= 0.3 is 0 Å². The van der Waals surface area contributed by atoms with Crippen molar-refractivity contribution in [2.45, 2.75) is 13.0 Å². The molecular weight excluding hydrogens is 356 g/mol. The highest BCUT2D eigenvalue weighted by atomic mass is 32.1. The van der Waals surface area contributed by atoms with Gasteiger partial charge in [-0.25, -0.2) is 0 Å². The average molecular weight is 371 g/mol. The highest BCUT2D eigenvalue weighted by molar-refractivity contribution is 7.71. The third kappa shape index (κ3) is 2.77. The Labute approximate surface area is 151 Å². The molecular formula is C18H14N2OS3. The smallest absolute Gasteiger partial charge is 0.263 e. The molecule has 0 saturated carbocycles. The van der Waals surface area contributed by atoms with Gasteiger partial charge in [-0.05, 0) is 35.6 Å². The van der Waals surface area contributed by atoms with Crippen LogP contribution >= 0.6 is 34.9 Å². The van der Waals surface area contributed by atoms with Crippen LogP contribution in [-0.4, -0.2) is 9.55 Å². The predicted molar refractivity (Wildman–Crippen MR) is 105 cm³/mol. The fraction of sp³-hybridized carbons (Fsp3) is 0.111. The molecule has 0 amide bonds. The fourth-order valence-electron chi connectivity index (χ4n) is 2.76. The van der Waals surface area contributed by atoms with Crippen molar-refractivity contribution in [3.05, 3.63) is 73.9 Å². The lowest BCUT2D eigenvalue weighted by atomic mass is 10.1. The summed E-state index contributed by atoms with van der Waals surface area (Å²) in [5, 5.41) is 4.80. The molecule has 0 atom stereocenters. The Morgan fingerprint density at radius 1 is 1.08 bits per heavy atom. The van der Waals surface area contributed by atoms with Crippen molar-refractivity contribution in [2.75, 3.05) is 0 Å². The minimum absolute atomic E-state index is 0.00525. The second-order valence-corrected chi connectivity index (χ2v) is 7.67. The number of fused-ring (bicyclic) bond motifs is 1. The number of rotatable bonds is 4. The number of benzene rings is 1. The number of hydrogen-bond acceptors (Lipinski definition) is 4. The normalized spacial score (nSPS) is 11.2. The van der Waals surface area contributed by atoms with E-state index in [0.717, 1.165) is 27.1 Å². The van der Waals surface area contributed by atoms with Gasteiger partial charge in [0.15, 0.2) is 4.77 Å². The van der Waals surface area contributed by atoms with Crippen molar-refractivity contribution in [3.8, 4) is 10.4 Å². The minimum atomic E-state index is -0.00525. The Hall–Kier alpha value is -2.02. The molecule has 3 aromatic heterocycles. The van der Waals surface area contributed by atoms with Crippen LogP contribution in [0.3, 0.4) is 0 Å². The zero-order valence-electron chi connectivity index (χ0n) is 12.7. The first kappa shape index (κ1) is 15.5. The highest BCUT2D eigenvalue weighted by Gasteiger charge is 2.14. The van der Waals surface area contributed by atoms with E-state index in [0.29, 0.717) is 11.3 Å². The van der Waals surface area contributed by atoms with E-state index in [2.05, 4.69) is 17.1 Å². The summed E-state index contributed by atoms with van der Waals surface area (Å²) in [6.07, 6.45) is 0.780. The molecule has 24 heavy (non-hydrogen) atoms. The standard InChI is InChI=1S/C18H14N2OS3/c21-17-15-13(14-7-4-10-23-14)11-24-16(15)19-18(22)20(17)9-8-12-5-2-1-3-6-12/h1-7,10-11H,8-9H2,(H,19,22). The number of H-pyrrole nitrogens is 1. The Kier molecular flexibility index (Phi) is 4.18. The van der Waals surface area contributed by atoms with E-state index in [1.807, 2.05) is 41.1 Å². The molecule has 0 saturated heterocycles. The minimum Gasteiger partial charge on any atom is -0.323 e. The van der Waals surface area contributed by atoms with E-state index >= 15 is 0 Å². The van der Waals surface area contributed by atoms with Gasteiger partial charge in [0.25, 0.3) is 5.56 Å². The summed E-state index contributed by atoms with van der Waals surface area (Å²) in [4.78, 5) is 18.2. The van der Waals surface area contributed by atoms with Gasteiger partial charge < -0.3 is 4.98 Å². The number of nitrogens with zero attached hydrogens (tertiary/aromatic N) is 1. The molecule has 1 aromatic carbocycles. The van der Waals surface area contributed by atoms with Gasteiger partial charge in [0, 0.05) is 22.4 Å². The number of aryl methyl sites for hydroxylation is 1. The van der Waals surface area contributed by atoms with Crippen LogP contribution in [0.15, 0.2) is 58.0 Å². The van der Waals surface area contributed by atoms with Crippen LogP contribution in [-0.2, 0) is 13.0 Å². The first-order valence-corrected chi connectivity index (χ1v) is 9.73. The molecule has 3 heterocycles. The molecule has 4 rings (SSSR count). The Morgan fingerprint density at radius 3 is 2.67 bits per heavy atom. The second-order valence-electron chi connectivity index (χ2n) is 5.45. The van der Waals surface area contributed by atoms with Gasteiger partial charge in [-0.3, -0.25) is 9.36 Å². The van der Waals surface area contributed by atoms with Crippen LogP contribution in [0, 0.1) is 4.77 Å². The van der Waals surface area contributed by atoms with Gasteiger partial charge in [0.05, 0.1) is 5.39 Å². The molecule has 0 fully saturated rings. The molecule has 3 nitrogen and oxygen atoms in total. The maximum Gasteiger partial charge on any atom is 0.263 e. The molecule has 6 heteroatoms. The quantitative estimate of drug-likeness (QED) is 0.508. The van der Waals surface area contributed by atoms with Crippen LogP contribution < -0.4 is 5.56 Å². The first-order chi connectivity index (χ1) is 11.7. The van der Waals surface area contributed by atoms with Crippen LogP contribution in [0.25, 0.3) is 20.7 Å². The van der Waals surface area contributed by atoms with Crippen molar-refractivity contribution in [2.24, 2.45) is 0 Å². The van der Waals surface area contributed by atoms with Crippen molar-refractivity contribution in [1.29, 1.82) is 0 Å². The average Bonchev–Trinajstić information content (AvgIpc) is 3.24. The monoisotopic (exact) mass is 370 g/mol. The van der Waals surface area contributed by atoms with E-state index in [1.54, 1.807) is 15.9 Å². The van der Waals surface area contributed by atoms with Gasteiger partial charge in [-0.2, -0.15) is 0 Å². The van der Waals surface area contributed by atoms with E-state index in [9.17, 15) is 4.79 Å². The van der Waals surface area contributed by atoms with Crippen molar-refractivity contribution in [1.82, 2.24) is 9.55 Å². The van der Waals surface area contributed by atoms with Crippen molar-refractivity contribution < 1.29 is 0 Å². The Morgan fingerprint density at radius 2 is 1.92 bits per heavy atom. The largest absolute Gasteiger partial charge is 0.323 e. The predicted octanol–water partition coefficient (Wildman–Crippen LogP) is 5.09. The van der Waals surface area contributed by atoms with E-state index in [4.69, 9.17) is 12.2 Å². The Balaban J connectivity index is 1.80. The molecule has 0 bridgehead atoms. The first-order valence-electron chi connectivity index (χ1n) is 7.56. The van der Waals surface area contributed by atoms with E-state index in [1.165, 1.54) is 16.9 Å². The van der Waals surface area contributed by atoms with Gasteiger partial charge in [0.2, 0.25) is 0 Å². The lowest BCUT2D eigenvalue weighted by molar-refractivity contribution is 0.653.